The Kier molecular flexibility index (Phi) is 15.8. The smallest absolute Gasteiger partial charge is 0.444 e. The number of aromatic nitrogens is 8. The summed E-state index contributed by atoms with van der Waals surface area (Å²) in [6.07, 6.45) is 14.8. The Morgan fingerprint density at radius 3 is 1.79 bits per heavy atom. The fourth-order valence-corrected chi connectivity index (χ4v) is 10.8. The summed E-state index contributed by atoms with van der Waals surface area (Å²) in [7, 11) is -0.517. The second kappa shape index (κ2) is 21.6. The van der Waals surface area contributed by atoms with Gasteiger partial charge in [0.2, 0.25) is 0 Å². The Morgan fingerprint density at radius 2 is 1.28 bits per heavy atom. The number of rotatable bonds is 8. The van der Waals surface area contributed by atoms with E-state index < -0.39 is 35.6 Å². The zero-order valence-corrected chi connectivity index (χ0v) is 47.9. The maximum Gasteiger partial charge on any atom is 0.496 e. The molecule has 0 radical (unpaired) electrons. The molecule has 0 bridgehead atoms. The lowest BCUT2D eigenvalue weighted by molar-refractivity contribution is -0.000407. The summed E-state index contributed by atoms with van der Waals surface area (Å²) in [4.78, 5) is 28.8. The highest BCUT2D eigenvalue weighted by Crippen LogP contribution is 2.42. The van der Waals surface area contributed by atoms with Crippen molar-refractivity contribution in [1.82, 2.24) is 49.7 Å². The molecule has 3 N–H and O–H groups in total. The van der Waals surface area contributed by atoms with Crippen LogP contribution in [0.4, 0.5) is 13.6 Å². The molecular formula is C53H56BCl4F2IN10O4. The van der Waals surface area contributed by atoms with Crippen molar-refractivity contribution in [2.45, 2.75) is 103 Å². The van der Waals surface area contributed by atoms with Crippen molar-refractivity contribution in [2.75, 3.05) is 26.2 Å². The van der Waals surface area contributed by atoms with Crippen molar-refractivity contribution in [3.8, 4) is 11.1 Å². The molecule has 0 spiro atoms. The van der Waals surface area contributed by atoms with Gasteiger partial charge in [0.1, 0.15) is 28.5 Å². The van der Waals surface area contributed by atoms with E-state index in [0.29, 0.717) is 40.3 Å². The maximum atomic E-state index is 14.0. The largest absolute Gasteiger partial charge is 0.496 e. The molecule has 1 amide bonds. The third kappa shape index (κ3) is 11.5. The standard InChI is InChI=1S/C21H22BCl2FN2O2.C21H18Cl2FN5.C11H16IN3O2/c1-11(17-15(23)6-7-16(25)18(17)24)14-10-27-19-13(14)8-12(9-26-19)22-28-20(2,3)21(4,5)29-22;1-11(19-17(22)2-3-18(24)20(19)23)16-9-27-21-15(16)4-12(5-26-21)13-6-28-29(10-13)14-7-25-8-14;1-11(2,3)17-10(16)14-6-9(7-14)15-5-8(12)4-13-15/h6-11H,1-5H3,(H,26,27);2-6,9-11,14,25H,7-8H2,1H3,(H,26,27);4-5,9H,6-7H2,1-3H3. The van der Waals surface area contributed by atoms with Crippen LogP contribution in [-0.2, 0) is 14.0 Å². The van der Waals surface area contributed by atoms with E-state index in [0.717, 1.165) is 66.4 Å². The van der Waals surface area contributed by atoms with Crippen LogP contribution in [0.1, 0.15) is 108 Å². The number of aromatic amines is 2. The van der Waals surface area contributed by atoms with Gasteiger partial charge in [-0.2, -0.15) is 10.2 Å². The number of benzene rings is 2. The zero-order valence-electron chi connectivity index (χ0n) is 42.7. The average Bonchev–Trinajstić information content (AvgIpc) is 4.16. The number of halogens is 7. The molecular weight excluding hydrogens is 1160 g/mol. The van der Waals surface area contributed by atoms with Gasteiger partial charge in [-0.25, -0.2) is 23.5 Å². The number of nitrogens with zero attached hydrogens (tertiary/aromatic N) is 7. The monoisotopic (exact) mass is 1210 g/mol. The molecule has 11 rings (SSSR count). The minimum absolute atomic E-state index is 0.0365. The molecule has 3 aliphatic heterocycles. The normalized spacial score (nSPS) is 17.2. The van der Waals surface area contributed by atoms with Crippen LogP contribution in [0.2, 0.25) is 20.1 Å². The lowest BCUT2D eigenvalue weighted by atomic mass is 9.79. The molecule has 14 nitrogen and oxygen atoms in total. The Labute approximate surface area is 467 Å². The maximum absolute atomic E-state index is 14.0. The lowest BCUT2D eigenvalue weighted by Gasteiger charge is -2.39. The van der Waals surface area contributed by atoms with E-state index in [1.165, 1.54) is 24.3 Å². The second-order valence-electron chi connectivity index (χ2n) is 21.0. The van der Waals surface area contributed by atoms with Crippen molar-refractivity contribution >= 4 is 110 Å². The van der Waals surface area contributed by atoms with Gasteiger partial charge in [-0.3, -0.25) is 9.36 Å². The van der Waals surface area contributed by atoms with Crippen LogP contribution >= 0.6 is 69.0 Å². The second-order valence-corrected chi connectivity index (χ2v) is 23.8. The first-order valence-corrected chi connectivity index (χ1v) is 27.0. The highest BCUT2D eigenvalue weighted by molar-refractivity contribution is 14.1. The molecule has 8 aromatic rings. The lowest BCUT2D eigenvalue weighted by Crippen LogP contribution is -2.52. The first kappa shape index (κ1) is 55.0. The molecule has 3 aliphatic rings. The van der Waals surface area contributed by atoms with Crippen LogP contribution in [0.3, 0.4) is 0 Å². The molecule has 3 saturated heterocycles. The molecule has 75 heavy (non-hydrogen) atoms. The average molecular weight is 1210 g/mol. The van der Waals surface area contributed by atoms with Gasteiger partial charge in [-0.1, -0.05) is 60.3 Å². The van der Waals surface area contributed by atoms with Gasteiger partial charge in [-0.05, 0) is 130 Å². The highest BCUT2D eigenvalue weighted by atomic mass is 127. The number of nitrogens with one attached hydrogen (secondary N) is 3. The van der Waals surface area contributed by atoms with E-state index in [1.54, 1.807) is 11.1 Å². The summed E-state index contributed by atoms with van der Waals surface area (Å²) in [5.41, 5.74) is 5.97. The number of carbonyl (C=O) groups excluding carboxylic acids is 1. The number of pyridine rings is 2. The van der Waals surface area contributed by atoms with Gasteiger partial charge < -0.3 is 34.2 Å². The van der Waals surface area contributed by atoms with E-state index in [2.05, 4.69) is 64.1 Å². The number of ether oxygens (including phenoxy) is 1. The van der Waals surface area contributed by atoms with Crippen LogP contribution in [0, 0.1) is 15.2 Å². The van der Waals surface area contributed by atoms with Gasteiger partial charge in [0.05, 0.1) is 49.3 Å². The third-order valence-corrected chi connectivity index (χ3v) is 16.1. The van der Waals surface area contributed by atoms with Gasteiger partial charge >= 0.3 is 13.2 Å². The molecule has 2 unspecified atom stereocenters. The third-order valence-electron chi connectivity index (χ3n) is 14.2. The van der Waals surface area contributed by atoms with Gasteiger partial charge in [0.15, 0.2) is 0 Å². The molecule has 0 aliphatic carbocycles. The Morgan fingerprint density at radius 1 is 0.760 bits per heavy atom. The SMILES string of the molecule is CC(C)(C)OC(=O)N1CC(n2cc(I)cn2)C1.CC(c1c(Cl)ccc(F)c1Cl)c1c[nH]c2ncc(-c3cnn(C4CNC4)c3)cc12.CC(c1c(Cl)ccc(F)c1Cl)c1c[nH]c2ncc(B3OC(C)(C)C(C)(C)O3)cc12. The van der Waals surface area contributed by atoms with Crippen LogP contribution in [0.5, 0.6) is 0 Å². The Bertz CT molecular complexity index is 3390. The molecule has 2 aromatic carbocycles. The van der Waals surface area contributed by atoms with Gasteiger partial charge in [0.25, 0.3) is 0 Å². The Hall–Kier alpha value is -4.80. The van der Waals surface area contributed by atoms with E-state index in [1.807, 2.05) is 121 Å². The summed E-state index contributed by atoms with van der Waals surface area (Å²) < 4.78 is 50.7. The Balaban J connectivity index is 0.000000143. The highest BCUT2D eigenvalue weighted by Gasteiger charge is 2.52. The fourth-order valence-electron chi connectivity index (χ4n) is 9.00. The van der Waals surface area contributed by atoms with Crippen LogP contribution in [0.25, 0.3) is 33.2 Å². The predicted molar refractivity (Wildman–Crippen MR) is 301 cm³/mol. The van der Waals surface area contributed by atoms with E-state index >= 15 is 0 Å². The van der Waals surface area contributed by atoms with Crippen molar-refractivity contribution in [3.63, 3.8) is 0 Å². The molecule has 3 fully saturated rings. The molecule has 6 aromatic heterocycles. The molecule has 22 heteroatoms. The van der Waals surface area contributed by atoms with E-state index in [9.17, 15) is 13.6 Å². The van der Waals surface area contributed by atoms with E-state index in [4.69, 9.17) is 60.4 Å². The summed E-state index contributed by atoms with van der Waals surface area (Å²) >= 11 is 27.4. The number of H-pyrrole nitrogens is 2. The number of likely N-dealkylation sites (tertiary alicyclic amines) is 1. The minimum Gasteiger partial charge on any atom is -0.444 e. The quantitative estimate of drug-likeness (QED) is 0.0767. The summed E-state index contributed by atoms with van der Waals surface area (Å²) in [6, 6.07) is 10.4. The molecule has 394 valence electrons. The van der Waals surface area contributed by atoms with Crippen molar-refractivity contribution in [3.05, 3.63) is 144 Å². The van der Waals surface area contributed by atoms with Crippen LogP contribution in [-0.4, -0.2) is 101 Å². The van der Waals surface area contributed by atoms with E-state index in [-0.39, 0.29) is 34.0 Å². The summed E-state index contributed by atoms with van der Waals surface area (Å²) in [6.45, 7) is 20.8. The topological polar surface area (TPSA) is 153 Å². The zero-order chi connectivity index (χ0) is 53.9. The number of hydrogen-bond acceptors (Lipinski definition) is 9. The van der Waals surface area contributed by atoms with Crippen LogP contribution in [0.15, 0.2) is 86.0 Å². The summed E-state index contributed by atoms with van der Waals surface area (Å²) in [5.74, 6) is -1.42. The first-order chi connectivity index (χ1) is 35.4. The summed E-state index contributed by atoms with van der Waals surface area (Å²) in [5, 5.41) is 14.8. The van der Waals surface area contributed by atoms with Gasteiger partial charge in [0, 0.05) is 113 Å². The first-order valence-electron chi connectivity index (χ1n) is 24.4. The predicted octanol–water partition coefficient (Wildman–Crippen LogP) is 12.9. The van der Waals surface area contributed by atoms with Crippen molar-refractivity contribution in [2.24, 2.45) is 0 Å². The van der Waals surface area contributed by atoms with Crippen molar-refractivity contribution < 1.29 is 27.6 Å². The fraction of sp³-hybridized carbons (Fsp3) is 0.377. The number of carbonyl (C=O) groups is 1. The molecule has 9 heterocycles. The molecule has 2 atom stereocenters. The number of hydrogen-bond donors (Lipinski definition) is 3. The van der Waals surface area contributed by atoms with Crippen LogP contribution < -0.4 is 10.8 Å². The van der Waals surface area contributed by atoms with Gasteiger partial charge in [-0.15, -0.1) is 0 Å². The minimum atomic E-state index is -0.517. The molecule has 0 saturated carbocycles. The number of fused-ring (bicyclic) bond motifs is 2. The number of amides is 1. The van der Waals surface area contributed by atoms with Crippen molar-refractivity contribution in [1.29, 1.82) is 0 Å².